The van der Waals surface area contributed by atoms with Crippen LogP contribution in [0, 0.1) is 0 Å². The van der Waals surface area contributed by atoms with Gasteiger partial charge in [0.05, 0.1) is 18.3 Å². The molecule has 2 aromatic carbocycles. The lowest BCUT2D eigenvalue weighted by atomic mass is 10.1. The number of hydrogen-bond donors (Lipinski definition) is 2. The van der Waals surface area contributed by atoms with Crippen molar-refractivity contribution in [2.24, 2.45) is 5.10 Å². The lowest BCUT2D eigenvalue weighted by Crippen LogP contribution is -2.34. The molecule has 2 aromatic rings. The SMILES string of the molecule is CCCCCCCCCCCC(=O)NCC(=O)N/N=C/c1cc(Br)ccc1OC(=O)c1ccc(Cl)cc1. The summed E-state index contributed by atoms with van der Waals surface area (Å²) in [6.07, 6.45) is 12.4. The molecule has 0 atom stereocenters. The minimum Gasteiger partial charge on any atom is -0.422 e. The number of amides is 2. The summed E-state index contributed by atoms with van der Waals surface area (Å²) in [5, 5.41) is 7.06. The van der Waals surface area contributed by atoms with E-state index in [1.807, 2.05) is 0 Å². The van der Waals surface area contributed by atoms with Crippen molar-refractivity contribution < 1.29 is 19.1 Å². The number of benzene rings is 2. The molecule has 0 unspecified atom stereocenters. The number of nitrogens with zero attached hydrogens (tertiary/aromatic N) is 1. The Labute approximate surface area is 232 Å². The van der Waals surface area contributed by atoms with Crippen LogP contribution in [0.1, 0.15) is 87.1 Å². The zero-order valence-corrected chi connectivity index (χ0v) is 23.6. The molecule has 0 spiro atoms. The molecule has 0 aromatic heterocycles. The van der Waals surface area contributed by atoms with Crippen LogP contribution < -0.4 is 15.5 Å². The number of carbonyl (C=O) groups excluding carboxylic acids is 3. The Hall–Kier alpha value is -2.71. The zero-order valence-electron chi connectivity index (χ0n) is 21.2. The van der Waals surface area contributed by atoms with Gasteiger partial charge < -0.3 is 10.1 Å². The van der Waals surface area contributed by atoms with Crippen LogP contribution in [0.25, 0.3) is 0 Å². The fourth-order valence-electron chi connectivity index (χ4n) is 3.53. The van der Waals surface area contributed by atoms with Crippen molar-refractivity contribution in [3.05, 3.63) is 63.1 Å². The van der Waals surface area contributed by atoms with Gasteiger partial charge in [0.25, 0.3) is 5.91 Å². The molecule has 0 bridgehead atoms. The van der Waals surface area contributed by atoms with Crippen LogP contribution in [-0.4, -0.2) is 30.5 Å². The third-order valence-electron chi connectivity index (χ3n) is 5.60. The molecular formula is C28H35BrClN3O4. The summed E-state index contributed by atoms with van der Waals surface area (Å²) < 4.78 is 6.23. The molecular weight excluding hydrogens is 558 g/mol. The van der Waals surface area contributed by atoms with Gasteiger partial charge in [0, 0.05) is 21.5 Å². The second-order valence-electron chi connectivity index (χ2n) is 8.73. The molecule has 200 valence electrons. The van der Waals surface area contributed by atoms with E-state index in [4.69, 9.17) is 16.3 Å². The van der Waals surface area contributed by atoms with Gasteiger partial charge in [0.15, 0.2) is 0 Å². The first-order chi connectivity index (χ1) is 17.9. The molecule has 2 amide bonds. The lowest BCUT2D eigenvalue weighted by molar-refractivity contribution is -0.126. The van der Waals surface area contributed by atoms with Crippen LogP contribution in [0.15, 0.2) is 52.0 Å². The van der Waals surface area contributed by atoms with E-state index >= 15 is 0 Å². The number of unbranched alkanes of at least 4 members (excludes halogenated alkanes) is 8. The highest BCUT2D eigenvalue weighted by atomic mass is 79.9. The van der Waals surface area contributed by atoms with Crippen molar-refractivity contribution in [2.45, 2.75) is 71.1 Å². The zero-order chi connectivity index (χ0) is 26.9. The topological polar surface area (TPSA) is 96.9 Å². The molecule has 0 radical (unpaired) electrons. The summed E-state index contributed by atoms with van der Waals surface area (Å²) in [5.41, 5.74) is 3.20. The number of hydrogen-bond acceptors (Lipinski definition) is 5. The summed E-state index contributed by atoms with van der Waals surface area (Å²) in [4.78, 5) is 36.5. The smallest absolute Gasteiger partial charge is 0.343 e. The van der Waals surface area contributed by atoms with Crippen LogP contribution in [0.4, 0.5) is 0 Å². The summed E-state index contributed by atoms with van der Waals surface area (Å²) in [7, 11) is 0. The Bertz CT molecular complexity index is 1040. The van der Waals surface area contributed by atoms with E-state index in [0.29, 0.717) is 22.6 Å². The standard InChI is InChI=1S/C28H35BrClN3O4/c1-2-3-4-5-6-7-8-9-10-11-26(34)31-20-27(35)33-32-19-22-18-23(29)14-17-25(22)37-28(36)21-12-15-24(30)16-13-21/h12-19H,2-11,20H2,1H3,(H,31,34)(H,33,35)/b32-19+. The summed E-state index contributed by atoms with van der Waals surface area (Å²) >= 11 is 9.24. The Kier molecular flexibility index (Phi) is 14.6. The first kappa shape index (κ1) is 30.5. The molecule has 0 aliphatic rings. The van der Waals surface area contributed by atoms with Gasteiger partial charge >= 0.3 is 5.97 Å². The van der Waals surface area contributed by atoms with E-state index in [-0.39, 0.29) is 18.2 Å². The fraction of sp³-hybridized carbons (Fsp3) is 0.429. The molecule has 7 nitrogen and oxygen atoms in total. The highest BCUT2D eigenvalue weighted by molar-refractivity contribution is 9.10. The number of halogens is 2. The predicted molar refractivity (Wildman–Crippen MR) is 151 cm³/mol. The molecule has 0 fully saturated rings. The summed E-state index contributed by atoms with van der Waals surface area (Å²) in [5.74, 6) is -0.875. The highest BCUT2D eigenvalue weighted by Crippen LogP contribution is 2.23. The minimum absolute atomic E-state index is 0.148. The molecule has 9 heteroatoms. The van der Waals surface area contributed by atoms with E-state index in [2.05, 4.69) is 38.7 Å². The van der Waals surface area contributed by atoms with Crippen molar-refractivity contribution >= 4 is 51.5 Å². The summed E-state index contributed by atoms with van der Waals surface area (Å²) in [6, 6.07) is 11.4. The number of esters is 1. The quantitative estimate of drug-likeness (QED) is 0.0736. The van der Waals surface area contributed by atoms with Crippen LogP contribution in [0.2, 0.25) is 5.02 Å². The Morgan fingerprint density at radius 3 is 2.24 bits per heavy atom. The van der Waals surface area contributed by atoms with Crippen LogP contribution >= 0.6 is 27.5 Å². The van der Waals surface area contributed by atoms with Crippen LogP contribution in [-0.2, 0) is 9.59 Å². The number of hydrazone groups is 1. The first-order valence-electron chi connectivity index (χ1n) is 12.7. The number of nitrogens with one attached hydrogen (secondary N) is 2. The monoisotopic (exact) mass is 591 g/mol. The third kappa shape index (κ3) is 12.9. The molecule has 0 aliphatic heterocycles. The number of rotatable bonds is 16. The first-order valence-corrected chi connectivity index (χ1v) is 13.9. The Balaban J connectivity index is 1.71. The molecule has 0 heterocycles. The van der Waals surface area contributed by atoms with Crippen molar-refractivity contribution in [3.63, 3.8) is 0 Å². The van der Waals surface area contributed by atoms with Gasteiger partial charge in [-0.1, -0.05) is 85.8 Å². The molecule has 37 heavy (non-hydrogen) atoms. The van der Waals surface area contributed by atoms with Crippen LogP contribution in [0.5, 0.6) is 5.75 Å². The van der Waals surface area contributed by atoms with Crippen molar-refractivity contribution in [1.29, 1.82) is 0 Å². The third-order valence-corrected chi connectivity index (χ3v) is 6.35. The molecule has 0 saturated heterocycles. The summed E-state index contributed by atoms with van der Waals surface area (Å²) in [6.45, 7) is 2.05. The molecule has 0 aliphatic carbocycles. The average molecular weight is 593 g/mol. The number of ether oxygens (including phenoxy) is 1. The fourth-order valence-corrected chi connectivity index (χ4v) is 4.04. The maximum Gasteiger partial charge on any atom is 0.343 e. The van der Waals surface area contributed by atoms with E-state index in [1.165, 1.54) is 44.7 Å². The van der Waals surface area contributed by atoms with E-state index in [9.17, 15) is 14.4 Å². The second-order valence-corrected chi connectivity index (χ2v) is 10.1. The van der Waals surface area contributed by atoms with Crippen molar-refractivity contribution in [3.8, 4) is 5.75 Å². The molecule has 2 rings (SSSR count). The van der Waals surface area contributed by atoms with Gasteiger partial charge in [0.2, 0.25) is 5.91 Å². The van der Waals surface area contributed by atoms with Gasteiger partial charge in [-0.3, -0.25) is 9.59 Å². The van der Waals surface area contributed by atoms with Crippen molar-refractivity contribution in [1.82, 2.24) is 10.7 Å². The lowest BCUT2D eigenvalue weighted by Gasteiger charge is -2.08. The van der Waals surface area contributed by atoms with E-state index < -0.39 is 11.9 Å². The van der Waals surface area contributed by atoms with Gasteiger partial charge in [-0.05, 0) is 48.9 Å². The van der Waals surface area contributed by atoms with Gasteiger partial charge in [0.1, 0.15) is 5.75 Å². The Morgan fingerprint density at radius 1 is 0.919 bits per heavy atom. The van der Waals surface area contributed by atoms with Gasteiger partial charge in [-0.15, -0.1) is 0 Å². The number of carbonyl (C=O) groups is 3. The minimum atomic E-state index is -0.549. The highest BCUT2D eigenvalue weighted by Gasteiger charge is 2.12. The average Bonchev–Trinajstić information content (AvgIpc) is 2.88. The van der Waals surface area contributed by atoms with Crippen molar-refractivity contribution in [2.75, 3.05) is 6.54 Å². The van der Waals surface area contributed by atoms with E-state index in [1.54, 1.807) is 42.5 Å². The largest absolute Gasteiger partial charge is 0.422 e. The Morgan fingerprint density at radius 2 is 1.57 bits per heavy atom. The predicted octanol–water partition coefficient (Wildman–Crippen LogP) is 6.81. The maximum absolute atomic E-state index is 12.4. The van der Waals surface area contributed by atoms with Gasteiger partial charge in [-0.2, -0.15) is 5.10 Å². The second kappa shape index (κ2) is 17.7. The normalized spacial score (nSPS) is 10.9. The molecule has 0 saturated carbocycles. The molecule has 2 N–H and O–H groups in total. The van der Waals surface area contributed by atoms with E-state index in [0.717, 1.165) is 23.7 Å². The maximum atomic E-state index is 12.4. The van der Waals surface area contributed by atoms with Crippen LogP contribution in [0.3, 0.4) is 0 Å². The van der Waals surface area contributed by atoms with Gasteiger partial charge in [-0.25, -0.2) is 10.2 Å².